The Bertz CT molecular complexity index is 673. The van der Waals surface area contributed by atoms with Gasteiger partial charge in [0.2, 0.25) is 5.76 Å². The minimum atomic E-state index is -0.145. The first-order valence-corrected chi connectivity index (χ1v) is 7.13. The second-order valence-corrected chi connectivity index (χ2v) is 5.84. The molecule has 1 atom stereocenters. The molecule has 7 heteroatoms. The van der Waals surface area contributed by atoms with E-state index in [0.717, 1.165) is 17.3 Å². The Morgan fingerprint density at radius 3 is 2.86 bits per heavy atom. The summed E-state index contributed by atoms with van der Waals surface area (Å²) in [4.78, 5) is 14.3. The first-order valence-electron chi connectivity index (χ1n) is 7.13. The quantitative estimate of drug-likeness (QED) is 0.844. The van der Waals surface area contributed by atoms with Crippen molar-refractivity contribution < 1.29 is 9.32 Å². The summed E-state index contributed by atoms with van der Waals surface area (Å²) in [6, 6.07) is 1.88. The fraction of sp³-hybridized carbons (Fsp3) is 0.571. The molecule has 0 unspecified atom stereocenters. The zero-order valence-corrected chi connectivity index (χ0v) is 12.7. The molecule has 0 radical (unpaired) electrons. The van der Waals surface area contributed by atoms with E-state index >= 15 is 0 Å². The number of hydrogen-bond acceptors (Lipinski definition) is 5. The molecular weight excluding hydrogens is 270 g/mol. The summed E-state index contributed by atoms with van der Waals surface area (Å²) < 4.78 is 7.26. The summed E-state index contributed by atoms with van der Waals surface area (Å²) in [5.74, 6) is 2.07. The van der Waals surface area contributed by atoms with Gasteiger partial charge in [0.1, 0.15) is 5.82 Å². The van der Waals surface area contributed by atoms with E-state index in [2.05, 4.69) is 26.8 Å². The zero-order chi connectivity index (χ0) is 15.1. The van der Waals surface area contributed by atoms with Gasteiger partial charge in [-0.3, -0.25) is 4.79 Å². The van der Waals surface area contributed by atoms with Gasteiger partial charge < -0.3 is 14.0 Å². The lowest BCUT2D eigenvalue weighted by Crippen LogP contribution is -2.40. The first-order chi connectivity index (χ1) is 9.97. The SMILES string of the molecule is Cc1nnc2n1[C@@H](C)CN(C(=O)c1cc(C(C)C)no1)C2. The van der Waals surface area contributed by atoms with Gasteiger partial charge in [-0.25, -0.2) is 0 Å². The van der Waals surface area contributed by atoms with Crippen LogP contribution in [0.2, 0.25) is 0 Å². The van der Waals surface area contributed by atoms with E-state index in [9.17, 15) is 4.79 Å². The smallest absolute Gasteiger partial charge is 0.292 e. The van der Waals surface area contributed by atoms with Crippen LogP contribution in [0.5, 0.6) is 0 Å². The van der Waals surface area contributed by atoms with Crippen molar-refractivity contribution in [1.29, 1.82) is 0 Å². The fourth-order valence-electron chi connectivity index (χ4n) is 2.70. The maximum absolute atomic E-state index is 12.5. The zero-order valence-electron chi connectivity index (χ0n) is 12.7. The maximum atomic E-state index is 12.5. The van der Waals surface area contributed by atoms with Crippen LogP contribution in [-0.4, -0.2) is 37.3 Å². The summed E-state index contributed by atoms with van der Waals surface area (Å²) in [5, 5.41) is 12.2. The molecule has 1 aliphatic heterocycles. The van der Waals surface area contributed by atoms with Gasteiger partial charge >= 0.3 is 0 Å². The van der Waals surface area contributed by atoms with Gasteiger partial charge in [-0.1, -0.05) is 19.0 Å². The number of carbonyl (C=O) groups is 1. The van der Waals surface area contributed by atoms with Crippen LogP contribution in [0.15, 0.2) is 10.6 Å². The van der Waals surface area contributed by atoms with E-state index < -0.39 is 0 Å². The first kappa shape index (κ1) is 13.8. The van der Waals surface area contributed by atoms with E-state index in [1.807, 2.05) is 20.8 Å². The molecular formula is C14H19N5O2. The molecule has 3 heterocycles. The largest absolute Gasteiger partial charge is 0.351 e. The van der Waals surface area contributed by atoms with Crippen LogP contribution in [0.4, 0.5) is 0 Å². The summed E-state index contributed by atoms with van der Waals surface area (Å²) in [7, 11) is 0. The standard InChI is InChI=1S/C14H19N5O2/c1-8(2)11-5-12(21-17-11)14(20)18-6-9(3)19-10(4)15-16-13(19)7-18/h5,8-9H,6-7H2,1-4H3/t9-/m0/s1. The van der Waals surface area contributed by atoms with Crippen LogP contribution in [0.3, 0.4) is 0 Å². The number of hydrogen-bond donors (Lipinski definition) is 0. The highest BCUT2D eigenvalue weighted by Gasteiger charge is 2.30. The third kappa shape index (κ3) is 2.32. The third-order valence-corrected chi connectivity index (χ3v) is 3.81. The molecule has 0 spiro atoms. The van der Waals surface area contributed by atoms with E-state index in [1.54, 1.807) is 11.0 Å². The summed E-state index contributed by atoms with van der Waals surface area (Å²) in [5.41, 5.74) is 0.794. The highest BCUT2D eigenvalue weighted by Crippen LogP contribution is 2.23. The van der Waals surface area contributed by atoms with Crippen molar-refractivity contribution in [3.63, 3.8) is 0 Å². The number of amides is 1. The molecule has 1 amide bonds. The van der Waals surface area contributed by atoms with Crippen molar-refractivity contribution in [3.05, 3.63) is 29.2 Å². The highest BCUT2D eigenvalue weighted by molar-refractivity contribution is 5.91. The Hall–Kier alpha value is -2.18. The molecule has 0 bridgehead atoms. The Balaban J connectivity index is 1.83. The van der Waals surface area contributed by atoms with Gasteiger partial charge in [0.15, 0.2) is 5.82 Å². The van der Waals surface area contributed by atoms with Gasteiger partial charge in [0, 0.05) is 12.6 Å². The average Bonchev–Trinajstić information content (AvgIpc) is 3.05. The summed E-state index contributed by atoms with van der Waals surface area (Å²) >= 11 is 0. The Labute approximate surface area is 122 Å². The molecule has 3 rings (SSSR count). The number of aromatic nitrogens is 4. The van der Waals surface area contributed by atoms with E-state index in [0.29, 0.717) is 13.1 Å². The van der Waals surface area contributed by atoms with Gasteiger partial charge in [0.05, 0.1) is 18.3 Å². The van der Waals surface area contributed by atoms with E-state index in [1.165, 1.54) is 0 Å². The van der Waals surface area contributed by atoms with Crippen LogP contribution in [0.25, 0.3) is 0 Å². The Morgan fingerprint density at radius 2 is 2.19 bits per heavy atom. The van der Waals surface area contributed by atoms with Gasteiger partial charge in [-0.05, 0) is 19.8 Å². The lowest BCUT2D eigenvalue weighted by atomic mass is 10.1. The molecule has 1 aliphatic rings. The number of nitrogens with zero attached hydrogens (tertiary/aromatic N) is 5. The fourth-order valence-corrected chi connectivity index (χ4v) is 2.70. The molecule has 112 valence electrons. The van der Waals surface area contributed by atoms with Crippen molar-refractivity contribution in [1.82, 2.24) is 24.8 Å². The lowest BCUT2D eigenvalue weighted by molar-refractivity contribution is 0.0638. The molecule has 21 heavy (non-hydrogen) atoms. The van der Waals surface area contributed by atoms with Crippen LogP contribution < -0.4 is 0 Å². The maximum Gasteiger partial charge on any atom is 0.292 e. The van der Waals surface area contributed by atoms with E-state index in [-0.39, 0.29) is 23.6 Å². The molecule has 0 aromatic carbocycles. The predicted molar refractivity (Wildman–Crippen MR) is 74.8 cm³/mol. The molecule has 0 N–H and O–H groups in total. The van der Waals surface area contributed by atoms with E-state index in [4.69, 9.17) is 4.52 Å². The summed E-state index contributed by atoms with van der Waals surface area (Å²) in [6.45, 7) is 9.07. The molecule has 0 saturated heterocycles. The molecule has 2 aromatic heterocycles. The second-order valence-electron chi connectivity index (χ2n) is 5.84. The van der Waals surface area contributed by atoms with Crippen LogP contribution >= 0.6 is 0 Å². The van der Waals surface area contributed by atoms with Crippen LogP contribution in [0.1, 0.15) is 60.6 Å². The van der Waals surface area contributed by atoms with Crippen molar-refractivity contribution in [3.8, 4) is 0 Å². The minimum Gasteiger partial charge on any atom is -0.351 e. The highest BCUT2D eigenvalue weighted by atomic mass is 16.5. The molecule has 0 saturated carbocycles. The average molecular weight is 289 g/mol. The minimum absolute atomic E-state index is 0.145. The van der Waals surface area contributed by atoms with Gasteiger partial charge in [-0.15, -0.1) is 10.2 Å². The molecule has 7 nitrogen and oxygen atoms in total. The number of aryl methyl sites for hydroxylation is 1. The monoisotopic (exact) mass is 289 g/mol. The third-order valence-electron chi connectivity index (χ3n) is 3.81. The van der Waals surface area contributed by atoms with Crippen molar-refractivity contribution in [2.75, 3.05) is 6.54 Å². The number of fused-ring (bicyclic) bond motifs is 1. The summed E-state index contributed by atoms with van der Waals surface area (Å²) in [6.07, 6.45) is 0. The van der Waals surface area contributed by atoms with Gasteiger partial charge in [0.25, 0.3) is 5.91 Å². The second kappa shape index (κ2) is 4.98. The van der Waals surface area contributed by atoms with Crippen molar-refractivity contribution in [2.24, 2.45) is 0 Å². The van der Waals surface area contributed by atoms with Crippen molar-refractivity contribution in [2.45, 2.75) is 46.2 Å². The van der Waals surface area contributed by atoms with Crippen molar-refractivity contribution >= 4 is 5.91 Å². The number of carbonyl (C=O) groups excluding carboxylic acids is 1. The number of rotatable bonds is 2. The molecule has 2 aromatic rings. The molecule has 0 aliphatic carbocycles. The van der Waals surface area contributed by atoms with Crippen LogP contribution in [0, 0.1) is 6.92 Å². The lowest BCUT2D eigenvalue weighted by Gasteiger charge is -2.31. The normalized spacial score (nSPS) is 18.1. The van der Waals surface area contributed by atoms with Gasteiger partial charge in [-0.2, -0.15) is 0 Å². The topological polar surface area (TPSA) is 77.1 Å². The molecule has 0 fully saturated rings. The Morgan fingerprint density at radius 1 is 1.43 bits per heavy atom. The predicted octanol–water partition coefficient (Wildman–Crippen LogP) is 1.91. The Kier molecular flexibility index (Phi) is 3.27. The van der Waals surface area contributed by atoms with Crippen LogP contribution in [-0.2, 0) is 6.54 Å².